The van der Waals surface area contributed by atoms with E-state index in [0.717, 1.165) is 115 Å². The maximum Gasteiger partial charge on any atom is 0.472 e. The first-order valence-electron chi connectivity index (χ1n) is 34.7. The molecular weight excluding hydrogens is 1140 g/mol. The normalized spacial score (nSPS) is 14.7. The number of carbonyl (C=O) groups is 4. The molecule has 0 aromatic heterocycles. The molecule has 0 rings (SSSR count). The molecular formula is C67H130O17P2. The Hall–Kier alpha value is -1.94. The number of aliphatic hydroxyl groups is 1. The topological polar surface area (TPSA) is 237 Å². The van der Waals surface area contributed by atoms with Crippen molar-refractivity contribution in [3.8, 4) is 0 Å². The van der Waals surface area contributed by atoms with Crippen LogP contribution in [0.1, 0.15) is 325 Å². The zero-order valence-electron chi connectivity index (χ0n) is 55.9. The molecule has 0 saturated carbocycles. The first-order chi connectivity index (χ1) is 41.1. The van der Waals surface area contributed by atoms with Crippen LogP contribution in [0.4, 0.5) is 0 Å². The van der Waals surface area contributed by atoms with Crippen molar-refractivity contribution < 1.29 is 80.2 Å². The molecule has 0 aromatic rings. The van der Waals surface area contributed by atoms with Gasteiger partial charge in [0.15, 0.2) is 12.2 Å². The second-order valence-electron chi connectivity index (χ2n) is 25.9. The summed E-state index contributed by atoms with van der Waals surface area (Å²) in [6.07, 6.45) is 38.0. The number of hydrogen-bond acceptors (Lipinski definition) is 15. The summed E-state index contributed by atoms with van der Waals surface area (Å²) in [6.45, 7) is 13.9. The van der Waals surface area contributed by atoms with E-state index in [1.54, 1.807) is 0 Å². The smallest absolute Gasteiger partial charge is 0.462 e. The highest BCUT2D eigenvalue weighted by Gasteiger charge is 2.30. The van der Waals surface area contributed by atoms with Gasteiger partial charge in [-0.25, -0.2) is 9.13 Å². The van der Waals surface area contributed by atoms with E-state index in [9.17, 15) is 43.2 Å². The SMILES string of the molecule is CCC(C)CCCCCCCCC(=O)OC[C@H](COP(=O)(O)OC[C@H](O)COP(=O)(O)OC[C@@H](COC(=O)CCCCCCCCC(C)C)OC(=O)CCCCCCCCC(C)C)OC(=O)CCCCCCCCCCCCCCCCCC(C)C. The van der Waals surface area contributed by atoms with Gasteiger partial charge >= 0.3 is 39.5 Å². The van der Waals surface area contributed by atoms with Gasteiger partial charge in [-0.2, -0.15) is 0 Å². The number of ether oxygens (including phenoxy) is 4. The van der Waals surface area contributed by atoms with Crippen LogP contribution in [0, 0.1) is 23.7 Å². The fourth-order valence-corrected chi connectivity index (χ4v) is 11.5. The maximum atomic E-state index is 13.0. The van der Waals surface area contributed by atoms with E-state index < -0.39 is 97.5 Å². The van der Waals surface area contributed by atoms with Gasteiger partial charge in [0.25, 0.3) is 0 Å². The minimum absolute atomic E-state index is 0.100. The summed E-state index contributed by atoms with van der Waals surface area (Å²) >= 11 is 0. The lowest BCUT2D eigenvalue weighted by Gasteiger charge is -2.21. The summed E-state index contributed by atoms with van der Waals surface area (Å²) in [7, 11) is -9.89. The highest BCUT2D eigenvalue weighted by Crippen LogP contribution is 2.45. The van der Waals surface area contributed by atoms with Gasteiger partial charge in [0.1, 0.15) is 19.3 Å². The number of carbonyl (C=O) groups excluding carboxylic acids is 4. The third kappa shape index (κ3) is 59.7. The number of hydrogen-bond donors (Lipinski definition) is 3. The number of unbranched alkanes of at least 4 members (excludes halogenated alkanes) is 29. The van der Waals surface area contributed by atoms with E-state index in [-0.39, 0.29) is 25.7 Å². The Labute approximate surface area is 524 Å². The molecule has 0 aliphatic carbocycles. The molecule has 0 radical (unpaired) electrons. The molecule has 86 heavy (non-hydrogen) atoms. The quantitative estimate of drug-likeness (QED) is 0.0222. The Morgan fingerprint density at radius 1 is 0.326 bits per heavy atom. The Bertz CT molecular complexity index is 1720. The molecule has 0 spiro atoms. The van der Waals surface area contributed by atoms with Crippen LogP contribution in [0.25, 0.3) is 0 Å². The fraction of sp³-hybridized carbons (Fsp3) is 0.940. The zero-order chi connectivity index (χ0) is 63.9. The lowest BCUT2D eigenvalue weighted by molar-refractivity contribution is -0.161. The van der Waals surface area contributed by atoms with E-state index in [1.165, 1.54) is 116 Å². The molecule has 510 valence electrons. The van der Waals surface area contributed by atoms with E-state index in [1.807, 2.05) is 0 Å². The molecule has 0 saturated heterocycles. The first-order valence-corrected chi connectivity index (χ1v) is 37.7. The Balaban J connectivity index is 5.19. The van der Waals surface area contributed by atoms with E-state index in [0.29, 0.717) is 37.5 Å². The first kappa shape index (κ1) is 84.1. The van der Waals surface area contributed by atoms with Crippen LogP contribution in [-0.4, -0.2) is 96.7 Å². The van der Waals surface area contributed by atoms with E-state index in [4.69, 9.17) is 37.0 Å². The third-order valence-corrected chi connectivity index (χ3v) is 17.6. The van der Waals surface area contributed by atoms with Crippen LogP contribution < -0.4 is 0 Å². The van der Waals surface area contributed by atoms with Crippen molar-refractivity contribution in [1.82, 2.24) is 0 Å². The molecule has 6 atom stereocenters. The molecule has 0 amide bonds. The molecule has 0 aliphatic rings. The van der Waals surface area contributed by atoms with Crippen molar-refractivity contribution in [2.45, 2.75) is 343 Å². The maximum absolute atomic E-state index is 13.0. The number of esters is 4. The van der Waals surface area contributed by atoms with Gasteiger partial charge in [0.2, 0.25) is 0 Å². The molecule has 0 aromatic carbocycles. The monoisotopic (exact) mass is 1270 g/mol. The van der Waals surface area contributed by atoms with Crippen molar-refractivity contribution in [2.75, 3.05) is 39.6 Å². The van der Waals surface area contributed by atoms with E-state index >= 15 is 0 Å². The summed E-state index contributed by atoms with van der Waals surface area (Å²) in [4.78, 5) is 72.3. The average molecular weight is 1270 g/mol. The van der Waals surface area contributed by atoms with Crippen LogP contribution in [0.5, 0.6) is 0 Å². The summed E-state index contributed by atoms with van der Waals surface area (Å²) in [6, 6.07) is 0. The summed E-state index contributed by atoms with van der Waals surface area (Å²) < 4.78 is 68.0. The second-order valence-corrected chi connectivity index (χ2v) is 28.8. The van der Waals surface area contributed by atoms with Crippen LogP contribution in [0.3, 0.4) is 0 Å². The highest BCUT2D eigenvalue weighted by atomic mass is 31.2. The lowest BCUT2D eigenvalue weighted by atomic mass is 10.00. The number of rotatable bonds is 64. The molecule has 0 fully saturated rings. The number of phosphoric ester groups is 2. The molecule has 3 unspecified atom stereocenters. The predicted molar refractivity (Wildman–Crippen MR) is 344 cm³/mol. The van der Waals surface area contributed by atoms with Gasteiger partial charge in [-0.05, 0) is 49.4 Å². The van der Waals surface area contributed by atoms with Gasteiger partial charge < -0.3 is 33.8 Å². The minimum atomic E-state index is -4.95. The number of phosphoric acid groups is 2. The molecule has 17 nitrogen and oxygen atoms in total. The summed E-state index contributed by atoms with van der Waals surface area (Å²) in [5, 5.41) is 10.5. The Morgan fingerprint density at radius 2 is 0.558 bits per heavy atom. The van der Waals surface area contributed by atoms with Crippen LogP contribution in [-0.2, 0) is 65.4 Å². The van der Waals surface area contributed by atoms with Crippen LogP contribution >= 0.6 is 15.6 Å². The Kier molecular flexibility index (Phi) is 55.7. The lowest BCUT2D eigenvalue weighted by Crippen LogP contribution is -2.30. The molecule has 0 bridgehead atoms. The van der Waals surface area contributed by atoms with Crippen LogP contribution in [0.2, 0.25) is 0 Å². The summed E-state index contributed by atoms with van der Waals surface area (Å²) in [5.74, 6) is 0.741. The van der Waals surface area contributed by atoms with Gasteiger partial charge in [0, 0.05) is 25.7 Å². The molecule has 0 aliphatic heterocycles. The molecule has 3 N–H and O–H groups in total. The van der Waals surface area contributed by atoms with Gasteiger partial charge in [0.05, 0.1) is 26.4 Å². The Morgan fingerprint density at radius 3 is 0.826 bits per heavy atom. The van der Waals surface area contributed by atoms with Crippen molar-refractivity contribution in [2.24, 2.45) is 23.7 Å². The largest absolute Gasteiger partial charge is 0.472 e. The van der Waals surface area contributed by atoms with Crippen molar-refractivity contribution in [1.29, 1.82) is 0 Å². The zero-order valence-corrected chi connectivity index (χ0v) is 57.7. The number of aliphatic hydroxyl groups excluding tert-OH is 1. The van der Waals surface area contributed by atoms with Crippen molar-refractivity contribution in [3.63, 3.8) is 0 Å². The van der Waals surface area contributed by atoms with Gasteiger partial charge in [-0.15, -0.1) is 0 Å². The van der Waals surface area contributed by atoms with Crippen molar-refractivity contribution >= 4 is 39.5 Å². The van der Waals surface area contributed by atoms with E-state index in [2.05, 4.69) is 55.4 Å². The van der Waals surface area contributed by atoms with Crippen molar-refractivity contribution in [3.05, 3.63) is 0 Å². The molecule has 19 heteroatoms. The third-order valence-electron chi connectivity index (χ3n) is 15.7. The minimum Gasteiger partial charge on any atom is -0.462 e. The predicted octanol–water partition coefficient (Wildman–Crippen LogP) is 18.5. The van der Waals surface area contributed by atoms with Gasteiger partial charge in [-0.1, -0.05) is 274 Å². The highest BCUT2D eigenvalue weighted by molar-refractivity contribution is 7.47. The fourth-order valence-electron chi connectivity index (χ4n) is 9.93. The summed E-state index contributed by atoms with van der Waals surface area (Å²) in [5.41, 5.74) is 0. The standard InChI is InChI=1S/C67H130O17P2/c1-9-60(8)46-38-30-23-26-32-40-48-65(70)78-53-62(83-66(71)49-41-33-20-18-16-14-12-10-11-13-15-17-19-27-35-43-57(2)3)55-81-85(73,74)79-51-61(68)52-80-86(75,76)82-56-63(84-67(72)50-42-34-25-22-29-37-45-59(6)7)54-77-64(69)47-39-31-24-21-28-36-44-58(4)5/h57-63,68H,9-56H2,1-8H3,(H,73,74)(H,75,76)/t60?,61-,62+,63+/m0/s1. The second kappa shape index (κ2) is 57.0. The van der Waals surface area contributed by atoms with Gasteiger partial charge in [-0.3, -0.25) is 37.3 Å². The average Bonchev–Trinajstić information content (AvgIpc) is 3.67. The van der Waals surface area contributed by atoms with Crippen LogP contribution in [0.15, 0.2) is 0 Å². The molecule has 0 heterocycles.